The van der Waals surface area contributed by atoms with Crippen molar-refractivity contribution in [1.29, 1.82) is 0 Å². The van der Waals surface area contributed by atoms with E-state index in [1.165, 1.54) is 6.07 Å². The molecule has 2 aromatic carbocycles. The standard InChI is InChI=1S/C21H19ClN2O4/c1-3-11-28-21(27)14-8-6-9-15(12-14)24-19(25)17(22)18(20(24)26)23-16-10-5-4-7-13(16)2/h4-10,12,23H,3,11H2,1-2H3. The minimum Gasteiger partial charge on any atom is -0.462 e. The normalized spacial score (nSPS) is 13.9. The summed E-state index contributed by atoms with van der Waals surface area (Å²) in [6.07, 6.45) is 0.696. The van der Waals surface area contributed by atoms with E-state index in [2.05, 4.69) is 5.32 Å². The van der Waals surface area contributed by atoms with Crippen LogP contribution in [0.2, 0.25) is 0 Å². The number of para-hydroxylation sites is 1. The van der Waals surface area contributed by atoms with Gasteiger partial charge in [0.1, 0.15) is 10.7 Å². The molecule has 1 aliphatic heterocycles. The van der Waals surface area contributed by atoms with Crippen LogP contribution < -0.4 is 10.2 Å². The molecule has 0 spiro atoms. The Morgan fingerprint density at radius 2 is 1.86 bits per heavy atom. The minimum absolute atomic E-state index is 0.0000655. The number of imide groups is 1. The van der Waals surface area contributed by atoms with Gasteiger partial charge in [0.25, 0.3) is 11.8 Å². The number of amides is 2. The molecular weight excluding hydrogens is 380 g/mol. The summed E-state index contributed by atoms with van der Waals surface area (Å²) in [5.41, 5.74) is 2.08. The van der Waals surface area contributed by atoms with E-state index in [0.29, 0.717) is 18.7 Å². The molecule has 0 saturated heterocycles. The lowest BCUT2D eigenvalue weighted by atomic mass is 10.2. The van der Waals surface area contributed by atoms with Crippen molar-refractivity contribution in [1.82, 2.24) is 0 Å². The molecule has 0 saturated carbocycles. The second-order valence-electron chi connectivity index (χ2n) is 6.26. The number of rotatable bonds is 6. The highest BCUT2D eigenvalue weighted by Crippen LogP contribution is 2.31. The van der Waals surface area contributed by atoms with Crippen molar-refractivity contribution in [2.24, 2.45) is 0 Å². The van der Waals surface area contributed by atoms with Gasteiger partial charge in [-0.25, -0.2) is 9.69 Å². The lowest BCUT2D eigenvalue weighted by Gasteiger charge is -2.16. The Morgan fingerprint density at radius 3 is 2.57 bits per heavy atom. The Hall–Kier alpha value is -3.12. The molecule has 1 N–H and O–H groups in total. The number of carbonyl (C=O) groups is 3. The largest absolute Gasteiger partial charge is 0.462 e. The first-order valence-electron chi connectivity index (χ1n) is 8.82. The summed E-state index contributed by atoms with van der Waals surface area (Å²) in [7, 11) is 0. The smallest absolute Gasteiger partial charge is 0.338 e. The highest BCUT2D eigenvalue weighted by atomic mass is 35.5. The maximum Gasteiger partial charge on any atom is 0.338 e. The number of carbonyl (C=O) groups excluding carboxylic acids is 3. The van der Waals surface area contributed by atoms with Crippen molar-refractivity contribution in [3.63, 3.8) is 0 Å². The molecule has 0 aliphatic carbocycles. The third-order valence-electron chi connectivity index (χ3n) is 4.21. The van der Waals surface area contributed by atoms with Crippen LogP contribution in [0.4, 0.5) is 11.4 Å². The molecule has 0 aromatic heterocycles. The number of ether oxygens (including phenoxy) is 1. The van der Waals surface area contributed by atoms with Crippen molar-refractivity contribution in [2.75, 3.05) is 16.8 Å². The monoisotopic (exact) mass is 398 g/mol. The molecule has 2 aromatic rings. The van der Waals surface area contributed by atoms with Crippen LogP contribution in [-0.4, -0.2) is 24.4 Å². The summed E-state index contributed by atoms with van der Waals surface area (Å²) in [5, 5.41) is 2.75. The molecule has 144 valence electrons. The summed E-state index contributed by atoms with van der Waals surface area (Å²) in [5.74, 6) is -1.75. The minimum atomic E-state index is -0.651. The fraction of sp³-hybridized carbons (Fsp3) is 0.190. The second-order valence-corrected chi connectivity index (χ2v) is 6.64. The van der Waals surface area contributed by atoms with Crippen LogP contribution in [0.3, 0.4) is 0 Å². The van der Waals surface area contributed by atoms with Gasteiger partial charge in [-0.2, -0.15) is 0 Å². The number of nitrogens with one attached hydrogen (secondary N) is 1. The average Bonchev–Trinajstić information content (AvgIpc) is 2.91. The summed E-state index contributed by atoms with van der Waals surface area (Å²) in [6, 6.07) is 13.5. The zero-order chi connectivity index (χ0) is 20.3. The van der Waals surface area contributed by atoms with Crippen molar-refractivity contribution in [3.8, 4) is 0 Å². The quantitative estimate of drug-likeness (QED) is 0.588. The zero-order valence-electron chi connectivity index (χ0n) is 15.5. The van der Waals surface area contributed by atoms with Gasteiger partial charge in [-0.05, 0) is 43.2 Å². The summed E-state index contributed by atoms with van der Waals surface area (Å²) in [4.78, 5) is 38.5. The molecule has 7 heteroatoms. The van der Waals surface area contributed by atoms with E-state index < -0.39 is 17.8 Å². The second kappa shape index (κ2) is 8.27. The zero-order valence-corrected chi connectivity index (χ0v) is 16.2. The molecule has 0 fully saturated rings. The lowest BCUT2D eigenvalue weighted by molar-refractivity contribution is -0.120. The van der Waals surface area contributed by atoms with E-state index in [9.17, 15) is 14.4 Å². The molecule has 2 amide bonds. The van der Waals surface area contributed by atoms with E-state index in [-0.39, 0.29) is 22.0 Å². The van der Waals surface area contributed by atoms with Gasteiger partial charge in [0, 0.05) is 5.69 Å². The van der Waals surface area contributed by atoms with Crippen LogP contribution in [0.1, 0.15) is 29.3 Å². The third kappa shape index (κ3) is 3.77. The Morgan fingerprint density at radius 1 is 1.11 bits per heavy atom. The molecular formula is C21H19ClN2O4. The molecule has 0 radical (unpaired) electrons. The average molecular weight is 399 g/mol. The number of hydrogen-bond donors (Lipinski definition) is 1. The van der Waals surface area contributed by atoms with E-state index in [1.807, 2.05) is 32.0 Å². The first kappa shape index (κ1) is 19.6. The molecule has 6 nitrogen and oxygen atoms in total. The van der Waals surface area contributed by atoms with Crippen molar-refractivity contribution < 1.29 is 19.1 Å². The third-order valence-corrected chi connectivity index (χ3v) is 4.56. The van der Waals surface area contributed by atoms with Gasteiger partial charge in [-0.3, -0.25) is 9.59 Å². The van der Waals surface area contributed by atoms with Gasteiger partial charge < -0.3 is 10.1 Å². The summed E-state index contributed by atoms with van der Waals surface area (Å²) < 4.78 is 5.11. The topological polar surface area (TPSA) is 75.7 Å². The van der Waals surface area contributed by atoms with Gasteiger partial charge in [0.05, 0.1) is 17.9 Å². The van der Waals surface area contributed by atoms with E-state index in [1.54, 1.807) is 24.3 Å². The number of nitrogens with zero attached hydrogens (tertiary/aromatic N) is 1. The summed E-state index contributed by atoms with van der Waals surface area (Å²) in [6.45, 7) is 4.06. The van der Waals surface area contributed by atoms with E-state index >= 15 is 0 Å². The van der Waals surface area contributed by atoms with Crippen LogP contribution in [0.25, 0.3) is 0 Å². The van der Waals surface area contributed by atoms with Gasteiger partial charge in [-0.15, -0.1) is 0 Å². The Labute approximate surface area is 167 Å². The predicted octanol–water partition coefficient (Wildman–Crippen LogP) is 4.00. The highest BCUT2D eigenvalue weighted by Gasteiger charge is 2.39. The maximum atomic E-state index is 12.9. The first-order chi connectivity index (χ1) is 13.4. The van der Waals surface area contributed by atoms with Crippen LogP contribution in [0.5, 0.6) is 0 Å². The van der Waals surface area contributed by atoms with Gasteiger partial charge in [0.15, 0.2) is 0 Å². The molecule has 0 bridgehead atoms. The fourth-order valence-corrected chi connectivity index (χ4v) is 2.96. The molecule has 1 heterocycles. The van der Waals surface area contributed by atoms with E-state index in [0.717, 1.165) is 10.5 Å². The van der Waals surface area contributed by atoms with E-state index in [4.69, 9.17) is 16.3 Å². The number of esters is 1. The van der Waals surface area contributed by atoms with Crippen molar-refractivity contribution >= 4 is 40.8 Å². The molecule has 28 heavy (non-hydrogen) atoms. The number of aryl methyl sites for hydroxylation is 1. The van der Waals surface area contributed by atoms with Crippen LogP contribution >= 0.6 is 11.6 Å². The fourth-order valence-electron chi connectivity index (χ4n) is 2.74. The first-order valence-corrected chi connectivity index (χ1v) is 9.20. The van der Waals surface area contributed by atoms with Crippen LogP contribution in [0.15, 0.2) is 59.3 Å². The lowest BCUT2D eigenvalue weighted by Crippen LogP contribution is -2.32. The number of hydrogen-bond acceptors (Lipinski definition) is 5. The molecule has 0 atom stereocenters. The molecule has 3 rings (SSSR count). The van der Waals surface area contributed by atoms with Crippen molar-refractivity contribution in [3.05, 3.63) is 70.4 Å². The number of halogens is 1. The van der Waals surface area contributed by atoms with Gasteiger partial charge in [0.2, 0.25) is 0 Å². The number of benzene rings is 2. The Bertz CT molecular complexity index is 984. The predicted molar refractivity (Wildman–Crippen MR) is 107 cm³/mol. The number of anilines is 2. The van der Waals surface area contributed by atoms with Crippen LogP contribution in [-0.2, 0) is 14.3 Å². The van der Waals surface area contributed by atoms with Crippen molar-refractivity contribution in [2.45, 2.75) is 20.3 Å². The van der Waals surface area contributed by atoms with Crippen LogP contribution in [0, 0.1) is 6.92 Å². The maximum absolute atomic E-state index is 12.9. The van der Waals surface area contributed by atoms with Gasteiger partial charge in [-0.1, -0.05) is 42.8 Å². The summed E-state index contributed by atoms with van der Waals surface area (Å²) >= 11 is 6.15. The molecule has 0 unspecified atom stereocenters. The highest BCUT2D eigenvalue weighted by molar-refractivity contribution is 6.53. The Balaban J connectivity index is 1.87. The SMILES string of the molecule is CCCOC(=O)c1cccc(N2C(=O)C(Cl)=C(Nc3ccccc3C)C2=O)c1. The van der Waals surface area contributed by atoms with Gasteiger partial charge >= 0.3 is 5.97 Å². The Kier molecular flexibility index (Phi) is 5.80. The molecule has 1 aliphatic rings.